The normalized spacial score (nSPS) is 11.3. The lowest BCUT2D eigenvalue weighted by Crippen LogP contribution is -2.28. The summed E-state index contributed by atoms with van der Waals surface area (Å²) >= 11 is 7.99. The van der Waals surface area contributed by atoms with Crippen LogP contribution >= 0.6 is 34.2 Å². The van der Waals surface area contributed by atoms with E-state index in [1.54, 1.807) is 18.2 Å². The fourth-order valence-electron chi connectivity index (χ4n) is 1.09. The Morgan fingerprint density at radius 3 is 2.88 bits per heavy atom. The quantitative estimate of drug-likeness (QED) is 0.249. The van der Waals surface area contributed by atoms with Gasteiger partial charge in [0.25, 0.3) is 5.91 Å². The van der Waals surface area contributed by atoms with Crippen molar-refractivity contribution in [2.45, 2.75) is 6.42 Å². The van der Waals surface area contributed by atoms with Gasteiger partial charge < -0.3 is 16.3 Å². The van der Waals surface area contributed by atoms with Crippen molar-refractivity contribution in [3.05, 3.63) is 32.4 Å². The van der Waals surface area contributed by atoms with Crippen LogP contribution < -0.4 is 11.1 Å². The van der Waals surface area contributed by atoms with E-state index in [1.807, 2.05) is 0 Å². The van der Waals surface area contributed by atoms with Gasteiger partial charge in [0.1, 0.15) is 5.84 Å². The molecule has 4 N–H and O–H groups in total. The van der Waals surface area contributed by atoms with Crippen LogP contribution in [0.5, 0.6) is 0 Å². The number of halogens is 2. The Kier molecular flexibility index (Phi) is 5.49. The first kappa shape index (κ1) is 14.0. The smallest absolute Gasteiger partial charge is 0.251 e. The van der Waals surface area contributed by atoms with Gasteiger partial charge in [-0.1, -0.05) is 16.8 Å². The Balaban J connectivity index is 2.55. The number of hydrogen-bond acceptors (Lipinski definition) is 3. The zero-order chi connectivity index (χ0) is 12.8. The van der Waals surface area contributed by atoms with Gasteiger partial charge in [-0.2, -0.15) is 0 Å². The van der Waals surface area contributed by atoms with Crippen molar-refractivity contribution in [3.8, 4) is 0 Å². The lowest BCUT2D eigenvalue weighted by Gasteiger charge is -2.05. The second kappa shape index (κ2) is 6.65. The highest BCUT2D eigenvalue weighted by Gasteiger charge is 2.07. The fourth-order valence-corrected chi connectivity index (χ4v) is 1.61. The highest BCUT2D eigenvalue weighted by atomic mass is 127. The van der Waals surface area contributed by atoms with Crippen molar-refractivity contribution in [2.24, 2.45) is 10.9 Å². The molecule has 0 aliphatic heterocycles. The van der Waals surface area contributed by atoms with Crippen molar-refractivity contribution in [3.63, 3.8) is 0 Å². The van der Waals surface area contributed by atoms with Gasteiger partial charge >= 0.3 is 0 Å². The van der Waals surface area contributed by atoms with Crippen LogP contribution in [0.15, 0.2) is 23.4 Å². The summed E-state index contributed by atoms with van der Waals surface area (Å²) in [5.41, 5.74) is 5.75. The SMILES string of the molecule is N/C(CCNC(=O)c1ccc(I)c(Cl)c1)=N/O. The molecule has 1 amide bonds. The standard InChI is InChI=1S/C10H11ClIN3O2/c11-7-5-6(1-2-8(7)12)10(16)14-4-3-9(13)15-17/h1-2,5,17H,3-4H2,(H2,13,15)(H,14,16). The third-order valence-corrected chi connectivity index (χ3v) is 3.55. The predicted octanol–water partition coefficient (Wildman–Crippen LogP) is 1.81. The molecule has 0 fully saturated rings. The second-order valence-corrected chi connectivity index (χ2v) is 4.80. The van der Waals surface area contributed by atoms with E-state index in [4.69, 9.17) is 22.5 Å². The number of rotatable bonds is 4. The summed E-state index contributed by atoms with van der Waals surface area (Å²) in [6, 6.07) is 5.05. The summed E-state index contributed by atoms with van der Waals surface area (Å²) < 4.78 is 0.887. The van der Waals surface area contributed by atoms with Crippen LogP contribution in [0.4, 0.5) is 0 Å². The molecular formula is C10H11ClIN3O2. The molecule has 0 aliphatic carbocycles. The zero-order valence-electron chi connectivity index (χ0n) is 8.78. The molecule has 92 valence electrons. The van der Waals surface area contributed by atoms with Crippen molar-refractivity contribution < 1.29 is 10.0 Å². The zero-order valence-corrected chi connectivity index (χ0v) is 11.7. The third kappa shape index (κ3) is 4.39. The molecule has 0 bridgehead atoms. The summed E-state index contributed by atoms with van der Waals surface area (Å²) in [6.07, 6.45) is 0.292. The second-order valence-electron chi connectivity index (χ2n) is 3.23. The minimum atomic E-state index is -0.242. The first-order valence-corrected chi connectivity index (χ1v) is 6.20. The van der Waals surface area contributed by atoms with Gasteiger partial charge in [-0.15, -0.1) is 0 Å². The number of amides is 1. The van der Waals surface area contributed by atoms with Gasteiger partial charge in [-0.05, 0) is 40.8 Å². The molecule has 1 aromatic rings. The molecule has 0 aliphatic rings. The van der Waals surface area contributed by atoms with E-state index in [-0.39, 0.29) is 11.7 Å². The Bertz CT molecular complexity index is 451. The molecule has 1 aromatic carbocycles. The number of nitrogens with zero attached hydrogens (tertiary/aromatic N) is 1. The van der Waals surface area contributed by atoms with Gasteiger partial charge in [-0.25, -0.2) is 0 Å². The van der Waals surface area contributed by atoms with E-state index < -0.39 is 0 Å². The number of nitrogens with one attached hydrogen (secondary N) is 1. The molecule has 7 heteroatoms. The van der Waals surface area contributed by atoms with Gasteiger partial charge in [0.2, 0.25) is 0 Å². The van der Waals surface area contributed by atoms with Crippen molar-refractivity contribution in [1.29, 1.82) is 0 Å². The molecule has 0 atom stereocenters. The summed E-state index contributed by atoms with van der Waals surface area (Å²) in [6.45, 7) is 0.304. The average molecular weight is 368 g/mol. The van der Waals surface area contributed by atoms with E-state index in [0.717, 1.165) is 3.57 Å². The topological polar surface area (TPSA) is 87.7 Å². The lowest BCUT2D eigenvalue weighted by molar-refractivity contribution is 0.0954. The van der Waals surface area contributed by atoms with Crippen LogP contribution in [0.25, 0.3) is 0 Å². The van der Waals surface area contributed by atoms with Crippen LogP contribution in [0.3, 0.4) is 0 Å². The van der Waals surface area contributed by atoms with Crippen LogP contribution in [0, 0.1) is 3.57 Å². The summed E-state index contributed by atoms with van der Waals surface area (Å²) in [4.78, 5) is 11.7. The maximum Gasteiger partial charge on any atom is 0.251 e. The molecule has 0 radical (unpaired) electrons. The van der Waals surface area contributed by atoms with Crippen LogP contribution in [0.1, 0.15) is 16.8 Å². The fraction of sp³-hybridized carbons (Fsp3) is 0.200. The Morgan fingerprint density at radius 1 is 1.59 bits per heavy atom. The van der Waals surface area contributed by atoms with Crippen LogP contribution in [0.2, 0.25) is 5.02 Å². The number of hydrogen-bond donors (Lipinski definition) is 3. The van der Waals surface area contributed by atoms with E-state index in [1.165, 1.54) is 0 Å². The number of oxime groups is 1. The van der Waals surface area contributed by atoms with Gasteiger partial charge in [0, 0.05) is 22.1 Å². The van der Waals surface area contributed by atoms with Crippen molar-refractivity contribution in [1.82, 2.24) is 5.32 Å². The average Bonchev–Trinajstić information content (AvgIpc) is 2.32. The van der Waals surface area contributed by atoms with Gasteiger partial charge in [0.15, 0.2) is 0 Å². The molecule has 5 nitrogen and oxygen atoms in total. The third-order valence-electron chi connectivity index (χ3n) is 1.98. The van der Waals surface area contributed by atoms with E-state index in [0.29, 0.717) is 23.6 Å². The molecule has 0 saturated heterocycles. The molecular weight excluding hydrogens is 356 g/mol. The van der Waals surface area contributed by atoms with Crippen molar-refractivity contribution in [2.75, 3.05) is 6.54 Å². The van der Waals surface area contributed by atoms with Gasteiger partial charge in [0.05, 0.1) is 5.02 Å². The number of carbonyl (C=O) groups is 1. The maximum atomic E-state index is 11.7. The van der Waals surface area contributed by atoms with Crippen molar-refractivity contribution >= 4 is 45.9 Å². The number of carbonyl (C=O) groups excluding carboxylic acids is 1. The first-order valence-electron chi connectivity index (χ1n) is 4.74. The lowest BCUT2D eigenvalue weighted by atomic mass is 10.2. The monoisotopic (exact) mass is 367 g/mol. The van der Waals surface area contributed by atoms with Crippen LogP contribution in [-0.2, 0) is 0 Å². The van der Waals surface area contributed by atoms with E-state index in [9.17, 15) is 4.79 Å². The van der Waals surface area contributed by atoms with Gasteiger partial charge in [-0.3, -0.25) is 4.79 Å². The summed E-state index contributed by atoms with van der Waals surface area (Å²) in [5, 5.41) is 14.3. The summed E-state index contributed by atoms with van der Waals surface area (Å²) in [5.74, 6) is -0.167. The molecule has 0 spiro atoms. The number of nitrogens with two attached hydrogens (primary N) is 1. The minimum Gasteiger partial charge on any atom is -0.409 e. The minimum absolute atomic E-state index is 0.0749. The maximum absolute atomic E-state index is 11.7. The van der Waals surface area contributed by atoms with E-state index >= 15 is 0 Å². The number of benzene rings is 1. The molecule has 0 aromatic heterocycles. The Hall–Kier alpha value is -1.02. The Morgan fingerprint density at radius 2 is 2.29 bits per heavy atom. The predicted molar refractivity (Wildman–Crippen MR) is 74.5 cm³/mol. The van der Waals surface area contributed by atoms with Crippen LogP contribution in [-0.4, -0.2) is 23.5 Å². The molecule has 17 heavy (non-hydrogen) atoms. The van der Waals surface area contributed by atoms with E-state index in [2.05, 4.69) is 33.1 Å². The highest BCUT2D eigenvalue weighted by molar-refractivity contribution is 14.1. The molecule has 0 unspecified atom stereocenters. The first-order chi connectivity index (χ1) is 8.04. The number of amidine groups is 1. The molecule has 0 heterocycles. The molecule has 1 rings (SSSR count). The highest BCUT2D eigenvalue weighted by Crippen LogP contribution is 2.19. The Labute approximate surface area is 117 Å². The summed E-state index contributed by atoms with van der Waals surface area (Å²) in [7, 11) is 0. The molecule has 0 saturated carbocycles. The largest absolute Gasteiger partial charge is 0.409 e.